The number of nitrogens with one attached hydrogen (secondary N) is 1. The van der Waals surface area contributed by atoms with E-state index in [4.69, 9.17) is 9.84 Å². The molecule has 2 amide bonds. The molecule has 0 radical (unpaired) electrons. The van der Waals surface area contributed by atoms with Crippen molar-refractivity contribution in [3.8, 4) is 0 Å². The Balaban J connectivity index is 2.61. The monoisotopic (exact) mass is 308 g/mol. The number of carboxylic acids is 1. The third kappa shape index (κ3) is 4.64. The van der Waals surface area contributed by atoms with Crippen molar-refractivity contribution in [3.05, 3.63) is 0 Å². The molecular weight excluding hydrogens is 288 g/mol. The maximum atomic E-state index is 12.0. The predicted molar refractivity (Wildman–Crippen MR) is 71.2 cm³/mol. The van der Waals surface area contributed by atoms with E-state index >= 15 is 0 Å². The molecule has 0 aliphatic carbocycles. The van der Waals surface area contributed by atoms with Gasteiger partial charge in [-0.15, -0.1) is 0 Å². The molecule has 2 atom stereocenters. The minimum Gasteiger partial charge on any atom is -0.481 e. The minimum atomic E-state index is -3.15. The molecule has 20 heavy (non-hydrogen) atoms. The maximum Gasteiger partial charge on any atom is 0.317 e. The number of ether oxygens (including phenoxy) is 1. The van der Waals surface area contributed by atoms with Crippen molar-refractivity contribution in [2.45, 2.75) is 13.0 Å². The van der Waals surface area contributed by atoms with E-state index in [9.17, 15) is 18.0 Å². The van der Waals surface area contributed by atoms with Crippen LogP contribution in [0, 0.1) is 5.92 Å². The van der Waals surface area contributed by atoms with Gasteiger partial charge in [-0.3, -0.25) is 4.79 Å². The van der Waals surface area contributed by atoms with Crippen LogP contribution in [0.5, 0.6) is 0 Å². The van der Waals surface area contributed by atoms with E-state index in [0.29, 0.717) is 6.54 Å². The van der Waals surface area contributed by atoms with Crippen molar-refractivity contribution in [1.29, 1.82) is 0 Å². The Morgan fingerprint density at radius 3 is 2.55 bits per heavy atom. The highest BCUT2D eigenvalue weighted by Crippen LogP contribution is 2.20. The first kappa shape index (κ1) is 16.7. The summed E-state index contributed by atoms with van der Waals surface area (Å²) in [7, 11) is -3.15. The lowest BCUT2D eigenvalue weighted by Gasteiger charge is -2.29. The second-order valence-corrected chi connectivity index (χ2v) is 6.96. The molecule has 1 heterocycles. The lowest BCUT2D eigenvalue weighted by atomic mass is 10.0. The number of carboxylic acid groups (broad SMARTS) is 1. The fourth-order valence-electron chi connectivity index (χ4n) is 2.06. The summed E-state index contributed by atoms with van der Waals surface area (Å²) in [5.41, 5.74) is 0. The first-order valence-corrected chi connectivity index (χ1v) is 8.35. The molecule has 0 aromatic carbocycles. The van der Waals surface area contributed by atoms with Crippen LogP contribution in [0.3, 0.4) is 0 Å². The van der Waals surface area contributed by atoms with Gasteiger partial charge < -0.3 is 20.1 Å². The fourth-order valence-corrected chi connectivity index (χ4v) is 2.53. The molecule has 0 spiro atoms. The summed E-state index contributed by atoms with van der Waals surface area (Å²) in [5.74, 6) is -1.91. The maximum absolute atomic E-state index is 12.0. The summed E-state index contributed by atoms with van der Waals surface area (Å²) in [6.45, 7) is 2.30. The van der Waals surface area contributed by atoms with Crippen LogP contribution in [0.2, 0.25) is 0 Å². The van der Waals surface area contributed by atoms with Crippen molar-refractivity contribution >= 4 is 21.8 Å². The minimum absolute atomic E-state index is 0.000514. The molecule has 8 nitrogen and oxygen atoms in total. The number of urea groups is 1. The Kier molecular flexibility index (Phi) is 5.75. The number of aliphatic carboxylic acids is 1. The van der Waals surface area contributed by atoms with Gasteiger partial charge in [0.15, 0.2) is 0 Å². The van der Waals surface area contributed by atoms with Gasteiger partial charge in [0, 0.05) is 19.3 Å². The van der Waals surface area contributed by atoms with Crippen molar-refractivity contribution in [3.63, 3.8) is 0 Å². The first-order chi connectivity index (χ1) is 9.26. The molecule has 1 fully saturated rings. The molecule has 0 aromatic rings. The fraction of sp³-hybridized carbons (Fsp3) is 0.818. The van der Waals surface area contributed by atoms with Crippen LogP contribution in [-0.4, -0.2) is 74.8 Å². The molecule has 1 rings (SSSR count). The molecule has 0 saturated carbocycles. The van der Waals surface area contributed by atoms with Gasteiger partial charge in [0.1, 0.15) is 15.8 Å². The van der Waals surface area contributed by atoms with Gasteiger partial charge >= 0.3 is 12.0 Å². The van der Waals surface area contributed by atoms with Gasteiger partial charge in [0.05, 0.1) is 25.0 Å². The largest absolute Gasteiger partial charge is 0.481 e. The van der Waals surface area contributed by atoms with Crippen LogP contribution in [0.25, 0.3) is 0 Å². The Bertz CT molecular complexity index is 464. The summed E-state index contributed by atoms with van der Waals surface area (Å²) < 4.78 is 27.1. The van der Waals surface area contributed by atoms with Crippen molar-refractivity contribution < 1.29 is 27.9 Å². The van der Waals surface area contributed by atoms with Crippen LogP contribution >= 0.6 is 0 Å². The standard InChI is InChI=1S/C11H20N2O6S/c1-3-13(9-7-19-6-8(9)10(14)15)11(16)12-4-5-20(2,17)18/h8-9H,3-7H2,1-2H3,(H,12,16)(H,14,15). The lowest BCUT2D eigenvalue weighted by Crippen LogP contribution is -2.51. The summed E-state index contributed by atoms with van der Waals surface area (Å²) in [4.78, 5) is 24.4. The number of carbonyl (C=O) groups excluding carboxylic acids is 1. The number of amides is 2. The second-order valence-electron chi connectivity index (χ2n) is 4.70. The van der Waals surface area contributed by atoms with Crippen LogP contribution in [0.1, 0.15) is 6.92 Å². The molecule has 116 valence electrons. The molecule has 2 N–H and O–H groups in total. The molecule has 2 unspecified atom stereocenters. The smallest absolute Gasteiger partial charge is 0.317 e. The zero-order valence-corrected chi connectivity index (χ0v) is 12.4. The molecule has 9 heteroatoms. The van der Waals surface area contributed by atoms with E-state index < -0.39 is 33.8 Å². The van der Waals surface area contributed by atoms with Crippen LogP contribution in [0.4, 0.5) is 4.79 Å². The Morgan fingerprint density at radius 1 is 1.40 bits per heavy atom. The number of hydrogen-bond donors (Lipinski definition) is 2. The van der Waals surface area contributed by atoms with Crippen LogP contribution in [-0.2, 0) is 19.4 Å². The third-order valence-corrected chi connectivity index (χ3v) is 4.06. The quantitative estimate of drug-likeness (QED) is 0.661. The van der Waals surface area contributed by atoms with E-state index in [1.807, 2.05) is 0 Å². The number of carbonyl (C=O) groups is 2. The van der Waals surface area contributed by atoms with Crippen LogP contribution < -0.4 is 5.32 Å². The highest BCUT2D eigenvalue weighted by molar-refractivity contribution is 7.90. The number of sulfone groups is 1. The number of nitrogens with zero attached hydrogens (tertiary/aromatic N) is 1. The number of likely N-dealkylation sites (N-methyl/N-ethyl adjacent to an activating group) is 1. The average molecular weight is 308 g/mol. The highest BCUT2D eigenvalue weighted by atomic mass is 32.2. The molecule has 1 aliphatic heterocycles. The highest BCUT2D eigenvalue weighted by Gasteiger charge is 2.39. The Hall–Kier alpha value is -1.35. The average Bonchev–Trinajstić information content (AvgIpc) is 2.77. The van der Waals surface area contributed by atoms with E-state index in [1.165, 1.54) is 4.90 Å². The Morgan fingerprint density at radius 2 is 2.05 bits per heavy atom. The summed E-state index contributed by atoms with van der Waals surface area (Å²) >= 11 is 0. The third-order valence-electron chi connectivity index (χ3n) is 3.12. The van der Waals surface area contributed by atoms with Gasteiger partial charge in [-0.25, -0.2) is 13.2 Å². The topological polar surface area (TPSA) is 113 Å². The number of rotatable bonds is 6. The molecule has 1 saturated heterocycles. The molecule has 0 aromatic heterocycles. The van der Waals surface area contributed by atoms with Crippen molar-refractivity contribution in [1.82, 2.24) is 10.2 Å². The van der Waals surface area contributed by atoms with Gasteiger partial charge in [0.2, 0.25) is 0 Å². The van der Waals surface area contributed by atoms with Crippen LogP contribution in [0.15, 0.2) is 0 Å². The molecular formula is C11H20N2O6S. The zero-order chi connectivity index (χ0) is 15.3. The van der Waals surface area contributed by atoms with E-state index in [-0.39, 0.29) is 25.5 Å². The van der Waals surface area contributed by atoms with Gasteiger partial charge in [-0.2, -0.15) is 0 Å². The summed E-state index contributed by atoms with van der Waals surface area (Å²) in [6, 6.07) is -1.01. The first-order valence-electron chi connectivity index (χ1n) is 6.29. The SMILES string of the molecule is CCN(C(=O)NCCS(C)(=O)=O)C1COCC1C(=O)O. The van der Waals surface area contributed by atoms with E-state index in [2.05, 4.69) is 5.32 Å². The van der Waals surface area contributed by atoms with Crippen molar-refractivity contribution in [2.24, 2.45) is 5.92 Å². The molecule has 0 bridgehead atoms. The van der Waals surface area contributed by atoms with Gasteiger partial charge in [0.25, 0.3) is 0 Å². The number of hydrogen-bond acceptors (Lipinski definition) is 5. The Labute approximate surface area is 118 Å². The summed E-state index contributed by atoms with van der Waals surface area (Å²) in [6.07, 6.45) is 1.09. The normalized spacial score (nSPS) is 22.5. The predicted octanol–water partition coefficient (Wildman–Crippen LogP) is -0.838. The molecule has 1 aliphatic rings. The second kappa shape index (κ2) is 6.89. The van der Waals surface area contributed by atoms with Crippen molar-refractivity contribution in [2.75, 3.05) is 38.3 Å². The lowest BCUT2D eigenvalue weighted by molar-refractivity contribution is -0.142. The van der Waals surface area contributed by atoms with Gasteiger partial charge in [-0.05, 0) is 6.92 Å². The van der Waals surface area contributed by atoms with E-state index in [0.717, 1.165) is 6.26 Å². The zero-order valence-electron chi connectivity index (χ0n) is 11.5. The van der Waals surface area contributed by atoms with Gasteiger partial charge in [-0.1, -0.05) is 0 Å². The summed E-state index contributed by atoms with van der Waals surface area (Å²) in [5, 5.41) is 11.6. The van der Waals surface area contributed by atoms with E-state index in [1.54, 1.807) is 6.92 Å².